The van der Waals surface area contributed by atoms with Crippen LogP contribution in [0, 0.1) is 0 Å². The maximum Gasteiger partial charge on any atom is 0.123 e. The maximum atomic E-state index is 5.69. The van der Waals surface area contributed by atoms with Crippen molar-refractivity contribution >= 4 is 38.8 Å². The van der Waals surface area contributed by atoms with Gasteiger partial charge in [-0.2, -0.15) is 0 Å². The van der Waals surface area contributed by atoms with Crippen molar-refractivity contribution in [1.82, 2.24) is 0 Å². The molecule has 3 nitrogen and oxygen atoms in total. The second kappa shape index (κ2) is 6.91. The summed E-state index contributed by atoms with van der Waals surface area (Å²) < 4.78 is 6.44. The van der Waals surface area contributed by atoms with Crippen LogP contribution in [0.1, 0.15) is 11.1 Å². The lowest BCUT2D eigenvalue weighted by Gasteiger charge is -2.21. The van der Waals surface area contributed by atoms with E-state index in [1.165, 1.54) is 0 Å². The Balaban J connectivity index is 2.25. The summed E-state index contributed by atoms with van der Waals surface area (Å²) in [6, 6.07) is 13.9. The van der Waals surface area contributed by atoms with Crippen LogP contribution < -0.4 is 15.4 Å². The highest BCUT2D eigenvalue weighted by atomic mass is 79.9. The minimum Gasteiger partial charge on any atom is -0.496 e. The van der Waals surface area contributed by atoms with Crippen molar-refractivity contribution < 1.29 is 4.74 Å². The Labute approximate surface area is 138 Å². The second-order valence-electron chi connectivity index (χ2n) is 4.73. The van der Waals surface area contributed by atoms with Gasteiger partial charge in [-0.1, -0.05) is 40.3 Å². The van der Waals surface area contributed by atoms with E-state index in [9.17, 15) is 0 Å². The second-order valence-corrected chi connectivity index (χ2v) is 6.08. The molecule has 2 rings (SSSR count). The van der Waals surface area contributed by atoms with Crippen molar-refractivity contribution in [2.75, 3.05) is 19.1 Å². The molecule has 2 aromatic carbocycles. The number of nitrogens with two attached hydrogens (primary N) is 1. The first kappa shape index (κ1) is 15.8. The number of methoxy groups -OCH3 is 1. The van der Waals surface area contributed by atoms with Gasteiger partial charge in [-0.05, 0) is 30.3 Å². The van der Waals surface area contributed by atoms with Gasteiger partial charge < -0.3 is 15.4 Å². The first-order valence-electron chi connectivity index (χ1n) is 6.44. The Bertz CT molecular complexity index is 660. The Morgan fingerprint density at radius 3 is 2.71 bits per heavy atom. The van der Waals surface area contributed by atoms with Crippen LogP contribution in [0.25, 0.3) is 0 Å². The zero-order chi connectivity index (χ0) is 15.4. The van der Waals surface area contributed by atoms with Crippen LogP contribution in [0.4, 0.5) is 5.69 Å². The molecule has 0 aliphatic carbocycles. The van der Waals surface area contributed by atoms with Gasteiger partial charge in [0.25, 0.3) is 0 Å². The third-order valence-electron chi connectivity index (χ3n) is 3.22. The molecule has 0 unspecified atom stereocenters. The molecular weight excluding hydrogens is 348 g/mol. The van der Waals surface area contributed by atoms with Crippen molar-refractivity contribution in [3.8, 4) is 5.75 Å². The lowest BCUT2D eigenvalue weighted by atomic mass is 10.1. The van der Waals surface area contributed by atoms with E-state index < -0.39 is 0 Å². The van der Waals surface area contributed by atoms with E-state index in [0.29, 0.717) is 4.99 Å². The molecule has 110 valence electrons. The first-order chi connectivity index (χ1) is 10.0. The van der Waals surface area contributed by atoms with Crippen molar-refractivity contribution in [1.29, 1.82) is 0 Å². The molecule has 0 bridgehead atoms. The summed E-state index contributed by atoms with van der Waals surface area (Å²) in [5.74, 6) is 0.871. The lowest BCUT2D eigenvalue weighted by Crippen LogP contribution is -2.18. The summed E-state index contributed by atoms with van der Waals surface area (Å²) in [6.07, 6.45) is 0. The van der Waals surface area contributed by atoms with Crippen molar-refractivity contribution in [3.63, 3.8) is 0 Å². The molecule has 0 heterocycles. The number of thiocarbonyl (C=S) groups is 1. The topological polar surface area (TPSA) is 38.5 Å². The SMILES string of the molecule is COc1ccc(Br)cc1CN(C)c1cccc(C(N)=S)c1. The molecule has 0 fully saturated rings. The van der Waals surface area contributed by atoms with Gasteiger partial charge in [0.15, 0.2) is 0 Å². The smallest absolute Gasteiger partial charge is 0.123 e. The molecule has 0 saturated carbocycles. The number of rotatable bonds is 5. The lowest BCUT2D eigenvalue weighted by molar-refractivity contribution is 0.409. The molecule has 0 saturated heterocycles. The molecule has 0 aliphatic heterocycles. The summed E-state index contributed by atoms with van der Waals surface area (Å²) in [6.45, 7) is 0.726. The van der Waals surface area contributed by atoms with Crippen molar-refractivity contribution in [2.24, 2.45) is 5.73 Å². The predicted molar refractivity (Wildman–Crippen MR) is 95.1 cm³/mol. The monoisotopic (exact) mass is 364 g/mol. The van der Waals surface area contributed by atoms with Gasteiger partial charge >= 0.3 is 0 Å². The van der Waals surface area contributed by atoms with E-state index in [0.717, 1.165) is 33.6 Å². The highest BCUT2D eigenvalue weighted by Crippen LogP contribution is 2.26. The van der Waals surface area contributed by atoms with E-state index in [1.54, 1.807) is 7.11 Å². The van der Waals surface area contributed by atoms with Crippen LogP contribution in [0.5, 0.6) is 5.75 Å². The predicted octanol–water partition coefficient (Wildman–Crippen LogP) is 3.73. The van der Waals surface area contributed by atoms with Crippen LogP contribution in [-0.2, 0) is 6.54 Å². The largest absolute Gasteiger partial charge is 0.496 e. The van der Waals surface area contributed by atoms with Gasteiger partial charge in [0, 0.05) is 34.9 Å². The highest BCUT2D eigenvalue weighted by Gasteiger charge is 2.09. The Hall–Kier alpha value is -1.59. The molecule has 0 aromatic heterocycles. The average Bonchev–Trinajstić information content (AvgIpc) is 2.47. The van der Waals surface area contributed by atoms with Crippen LogP contribution in [0.2, 0.25) is 0 Å². The van der Waals surface area contributed by atoms with Gasteiger partial charge in [-0.3, -0.25) is 0 Å². The Kier molecular flexibility index (Phi) is 5.20. The third-order valence-corrected chi connectivity index (χ3v) is 3.95. The number of anilines is 1. The standard InChI is InChI=1S/C16H17BrN2OS/c1-19(14-5-3-4-11(9-14)16(18)21)10-12-8-13(17)6-7-15(12)20-2/h3-9H,10H2,1-2H3,(H2,18,21). The molecule has 2 aromatic rings. The fourth-order valence-corrected chi connectivity index (χ4v) is 2.65. The van der Waals surface area contributed by atoms with Crippen LogP contribution in [-0.4, -0.2) is 19.1 Å². The minimum absolute atomic E-state index is 0.408. The first-order valence-corrected chi connectivity index (χ1v) is 7.65. The van der Waals surface area contributed by atoms with Gasteiger partial charge in [-0.25, -0.2) is 0 Å². The zero-order valence-electron chi connectivity index (χ0n) is 12.0. The average molecular weight is 365 g/mol. The maximum absolute atomic E-state index is 5.69. The van der Waals surface area contributed by atoms with Crippen molar-refractivity contribution in [2.45, 2.75) is 6.54 Å². The third kappa shape index (κ3) is 3.95. The summed E-state index contributed by atoms with van der Waals surface area (Å²) in [5, 5.41) is 0. The summed E-state index contributed by atoms with van der Waals surface area (Å²) >= 11 is 8.52. The number of hydrogen-bond acceptors (Lipinski definition) is 3. The molecule has 0 radical (unpaired) electrons. The van der Waals surface area contributed by atoms with Gasteiger partial charge in [-0.15, -0.1) is 0 Å². The summed E-state index contributed by atoms with van der Waals surface area (Å²) in [7, 11) is 3.71. The van der Waals surface area contributed by atoms with E-state index in [-0.39, 0.29) is 0 Å². The van der Waals surface area contributed by atoms with E-state index in [1.807, 2.05) is 43.4 Å². The van der Waals surface area contributed by atoms with Crippen molar-refractivity contribution in [3.05, 3.63) is 58.1 Å². The molecule has 0 atom stereocenters. The fraction of sp³-hybridized carbons (Fsp3) is 0.188. The highest BCUT2D eigenvalue weighted by molar-refractivity contribution is 9.10. The molecule has 0 aliphatic rings. The molecule has 5 heteroatoms. The number of nitrogens with zero attached hydrogens (tertiary/aromatic N) is 1. The Morgan fingerprint density at radius 2 is 2.05 bits per heavy atom. The van der Waals surface area contributed by atoms with Crippen LogP contribution >= 0.6 is 28.1 Å². The zero-order valence-corrected chi connectivity index (χ0v) is 14.4. The van der Waals surface area contributed by atoms with E-state index in [2.05, 4.69) is 26.9 Å². The normalized spacial score (nSPS) is 10.2. The number of halogens is 1. The molecule has 0 amide bonds. The Morgan fingerprint density at radius 1 is 1.29 bits per heavy atom. The molecule has 2 N–H and O–H groups in total. The van der Waals surface area contributed by atoms with Crippen LogP contribution in [0.15, 0.2) is 46.9 Å². The fourth-order valence-electron chi connectivity index (χ4n) is 2.11. The van der Waals surface area contributed by atoms with Gasteiger partial charge in [0.05, 0.1) is 7.11 Å². The number of ether oxygens (including phenoxy) is 1. The molecule has 0 spiro atoms. The minimum atomic E-state index is 0.408. The van der Waals surface area contributed by atoms with E-state index in [4.69, 9.17) is 22.7 Å². The quantitative estimate of drug-likeness (QED) is 0.820. The van der Waals surface area contributed by atoms with Gasteiger partial charge in [0.2, 0.25) is 0 Å². The van der Waals surface area contributed by atoms with E-state index >= 15 is 0 Å². The molecule has 21 heavy (non-hydrogen) atoms. The molecular formula is C16H17BrN2OS. The van der Waals surface area contributed by atoms with Crippen LogP contribution in [0.3, 0.4) is 0 Å². The number of hydrogen-bond donors (Lipinski definition) is 1. The van der Waals surface area contributed by atoms with Gasteiger partial charge in [0.1, 0.15) is 10.7 Å². The summed E-state index contributed by atoms with van der Waals surface area (Å²) in [5.41, 5.74) is 8.72. The summed E-state index contributed by atoms with van der Waals surface area (Å²) in [4.78, 5) is 2.54. The number of benzene rings is 2.